The Kier molecular flexibility index (Phi) is 7.94. The molecule has 6 nitrogen and oxygen atoms in total. The number of carboxylic acid groups (broad SMARTS) is 1. The van der Waals surface area contributed by atoms with Crippen LogP contribution in [0, 0.1) is 3.57 Å². The highest BCUT2D eigenvalue weighted by molar-refractivity contribution is 14.1. The molecule has 0 radical (unpaired) electrons. The summed E-state index contributed by atoms with van der Waals surface area (Å²) >= 11 is 2.04. The molecule has 7 heteroatoms. The Bertz CT molecular complexity index is 465. The molecule has 0 aliphatic heterocycles. The van der Waals surface area contributed by atoms with Crippen molar-refractivity contribution >= 4 is 28.6 Å². The molecule has 0 bridgehead atoms. The van der Waals surface area contributed by atoms with Crippen molar-refractivity contribution in [2.24, 2.45) is 0 Å². The van der Waals surface area contributed by atoms with Crippen LogP contribution in [0.4, 0.5) is 0 Å². The van der Waals surface area contributed by atoms with Gasteiger partial charge in [-0.25, -0.2) is 4.79 Å². The van der Waals surface area contributed by atoms with Crippen LogP contribution in [-0.2, 0) is 9.47 Å². The molecule has 0 aliphatic rings. The lowest BCUT2D eigenvalue weighted by Crippen LogP contribution is -2.27. The lowest BCUT2D eigenvalue weighted by molar-refractivity contribution is -0.0423. The van der Waals surface area contributed by atoms with Crippen LogP contribution in [0.1, 0.15) is 17.3 Å². The number of ether oxygens (including phenoxy) is 3. The zero-order chi connectivity index (χ0) is 15.8. The lowest BCUT2D eigenvalue weighted by atomic mass is 10.2. The van der Waals surface area contributed by atoms with E-state index in [0.717, 1.165) is 3.57 Å². The molecule has 0 spiro atoms. The van der Waals surface area contributed by atoms with E-state index >= 15 is 0 Å². The summed E-state index contributed by atoms with van der Waals surface area (Å²) in [6.45, 7) is 2.45. The predicted molar refractivity (Wildman–Crippen MR) is 84.9 cm³/mol. The van der Waals surface area contributed by atoms with Crippen LogP contribution in [0.2, 0.25) is 0 Å². The molecule has 1 rings (SSSR count). The van der Waals surface area contributed by atoms with Crippen LogP contribution in [0.25, 0.3) is 0 Å². The maximum Gasteiger partial charge on any atom is 0.335 e. The van der Waals surface area contributed by atoms with E-state index in [1.807, 2.05) is 29.5 Å². The van der Waals surface area contributed by atoms with Gasteiger partial charge in [-0.2, -0.15) is 0 Å². The second-order valence-corrected chi connectivity index (χ2v) is 5.68. The zero-order valence-corrected chi connectivity index (χ0v) is 14.1. The number of rotatable bonds is 9. The van der Waals surface area contributed by atoms with Gasteiger partial charge in [-0.05, 0) is 47.7 Å². The molecule has 0 fully saturated rings. The van der Waals surface area contributed by atoms with Crippen molar-refractivity contribution in [1.82, 2.24) is 0 Å². The van der Waals surface area contributed by atoms with Crippen LogP contribution < -0.4 is 4.74 Å². The average molecular weight is 410 g/mol. The molecule has 0 aliphatic carbocycles. The van der Waals surface area contributed by atoms with Gasteiger partial charge in [0.05, 0.1) is 28.5 Å². The summed E-state index contributed by atoms with van der Waals surface area (Å²) in [5.41, 5.74) is 0.143. The van der Waals surface area contributed by atoms with Crippen LogP contribution in [0.5, 0.6) is 5.75 Å². The van der Waals surface area contributed by atoms with Gasteiger partial charge in [-0.1, -0.05) is 0 Å². The number of aliphatic hydroxyl groups excluding tert-OH is 1. The SMILES string of the molecule is COCC(C)OCC(O)COc1cc(C(=O)O)ccc1I. The summed E-state index contributed by atoms with van der Waals surface area (Å²) in [5.74, 6) is -0.590. The molecule has 2 unspecified atom stereocenters. The minimum Gasteiger partial charge on any atom is -0.490 e. The fraction of sp³-hybridized carbons (Fsp3) is 0.500. The Labute approximate surface area is 137 Å². The standard InChI is InChI=1S/C14H19IO6/c1-9(6-19-2)20-7-11(16)8-21-13-5-10(14(17)18)3-4-12(13)15/h3-5,9,11,16H,6-8H2,1-2H3,(H,17,18). The molecular weight excluding hydrogens is 391 g/mol. The van der Waals surface area contributed by atoms with E-state index in [4.69, 9.17) is 19.3 Å². The van der Waals surface area contributed by atoms with Gasteiger partial charge in [-0.15, -0.1) is 0 Å². The van der Waals surface area contributed by atoms with E-state index in [2.05, 4.69) is 0 Å². The van der Waals surface area contributed by atoms with Crippen LogP contribution in [0.15, 0.2) is 18.2 Å². The van der Waals surface area contributed by atoms with Gasteiger partial charge in [0.15, 0.2) is 0 Å². The first-order valence-corrected chi connectivity index (χ1v) is 7.46. The molecule has 2 atom stereocenters. The number of carbonyl (C=O) groups is 1. The van der Waals surface area contributed by atoms with Crippen LogP contribution in [0.3, 0.4) is 0 Å². The van der Waals surface area contributed by atoms with Gasteiger partial charge in [0.25, 0.3) is 0 Å². The van der Waals surface area contributed by atoms with Crippen LogP contribution >= 0.6 is 22.6 Å². The fourth-order valence-corrected chi connectivity index (χ4v) is 2.03. The molecular formula is C14H19IO6. The first-order valence-electron chi connectivity index (χ1n) is 6.38. The number of hydrogen-bond acceptors (Lipinski definition) is 5. The van der Waals surface area contributed by atoms with E-state index in [-0.39, 0.29) is 24.9 Å². The molecule has 0 saturated heterocycles. The van der Waals surface area contributed by atoms with Crippen molar-refractivity contribution in [3.8, 4) is 5.75 Å². The average Bonchev–Trinajstić information content (AvgIpc) is 2.44. The highest BCUT2D eigenvalue weighted by Gasteiger charge is 2.12. The fourth-order valence-electron chi connectivity index (χ4n) is 1.54. The van der Waals surface area contributed by atoms with Crippen molar-refractivity contribution in [3.05, 3.63) is 27.3 Å². The number of methoxy groups -OCH3 is 1. The van der Waals surface area contributed by atoms with E-state index < -0.39 is 12.1 Å². The number of halogens is 1. The molecule has 118 valence electrons. The summed E-state index contributed by atoms with van der Waals surface area (Å²) in [6.07, 6.45) is -0.909. The Balaban J connectivity index is 2.47. The van der Waals surface area contributed by atoms with Gasteiger partial charge >= 0.3 is 5.97 Å². The Morgan fingerprint density at radius 1 is 1.33 bits per heavy atom. The smallest absolute Gasteiger partial charge is 0.335 e. The minimum atomic E-state index is -1.02. The van der Waals surface area contributed by atoms with Crippen molar-refractivity contribution in [1.29, 1.82) is 0 Å². The van der Waals surface area contributed by atoms with Gasteiger partial charge in [-0.3, -0.25) is 0 Å². The third-order valence-corrected chi connectivity index (χ3v) is 3.48. The van der Waals surface area contributed by atoms with E-state index in [9.17, 15) is 9.90 Å². The number of hydrogen-bond donors (Lipinski definition) is 2. The first-order chi connectivity index (χ1) is 9.93. The van der Waals surface area contributed by atoms with Crippen molar-refractivity contribution in [3.63, 3.8) is 0 Å². The van der Waals surface area contributed by atoms with Gasteiger partial charge in [0, 0.05) is 7.11 Å². The van der Waals surface area contributed by atoms with Crippen molar-refractivity contribution < 1.29 is 29.2 Å². The highest BCUT2D eigenvalue weighted by Crippen LogP contribution is 2.22. The van der Waals surface area contributed by atoms with Gasteiger partial charge < -0.3 is 24.4 Å². The normalized spacial score (nSPS) is 13.7. The molecule has 0 amide bonds. The number of aromatic carboxylic acids is 1. The van der Waals surface area contributed by atoms with Gasteiger partial charge in [0.2, 0.25) is 0 Å². The molecule has 0 heterocycles. The van der Waals surface area contributed by atoms with Crippen LogP contribution in [-0.4, -0.2) is 55.3 Å². The molecule has 1 aromatic rings. The third-order valence-electron chi connectivity index (χ3n) is 2.58. The summed E-state index contributed by atoms with van der Waals surface area (Å²) in [6, 6.07) is 4.59. The Morgan fingerprint density at radius 3 is 2.67 bits per heavy atom. The quantitative estimate of drug-likeness (QED) is 0.604. The number of benzene rings is 1. The van der Waals surface area contributed by atoms with Crippen molar-refractivity contribution in [2.75, 3.05) is 26.9 Å². The summed E-state index contributed by atoms with van der Waals surface area (Å²) < 4.78 is 16.5. The zero-order valence-electron chi connectivity index (χ0n) is 11.9. The van der Waals surface area contributed by atoms with Gasteiger partial charge in [0.1, 0.15) is 18.5 Å². The lowest BCUT2D eigenvalue weighted by Gasteiger charge is -2.17. The highest BCUT2D eigenvalue weighted by atomic mass is 127. The topological polar surface area (TPSA) is 85.2 Å². The summed E-state index contributed by atoms with van der Waals surface area (Å²) in [5, 5.41) is 18.7. The minimum absolute atomic E-state index is 0.0266. The molecule has 0 saturated carbocycles. The van der Waals surface area contributed by atoms with E-state index in [0.29, 0.717) is 12.4 Å². The maximum absolute atomic E-state index is 10.9. The number of aliphatic hydroxyl groups is 1. The predicted octanol–water partition coefficient (Wildman–Crippen LogP) is 1.78. The second-order valence-electron chi connectivity index (χ2n) is 4.51. The van der Waals surface area contributed by atoms with E-state index in [1.54, 1.807) is 13.2 Å². The van der Waals surface area contributed by atoms with E-state index in [1.165, 1.54) is 12.1 Å². The Hall–Kier alpha value is -0.900. The second kappa shape index (κ2) is 9.19. The third kappa shape index (κ3) is 6.60. The van der Waals surface area contributed by atoms with Crippen molar-refractivity contribution in [2.45, 2.75) is 19.1 Å². The molecule has 21 heavy (non-hydrogen) atoms. The Morgan fingerprint density at radius 2 is 2.05 bits per heavy atom. The first kappa shape index (κ1) is 18.1. The molecule has 1 aromatic carbocycles. The summed E-state index contributed by atoms with van der Waals surface area (Å²) in [4.78, 5) is 10.9. The number of carboxylic acids is 1. The summed E-state index contributed by atoms with van der Waals surface area (Å²) in [7, 11) is 1.58. The largest absolute Gasteiger partial charge is 0.490 e. The molecule has 0 aromatic heterocycles. The monoisotopic (exact) mass is 410 g/mol. The maximum atomic E-state index is 10.9. The molecule has 2 N–H and O–H groups in total.